The van der Waals surface area contributed by atoms with E-state index >= 15 is 0 Å². The Bertz CT molecular complexity index is 550. The van der Waals surface area contributed by atoms with Gasteiger partial charge in [0, 0.05) is 12.0 Å². The van der Waals surface area contributed by atoms with Crippen molar-refractivity contribution in [3.63, 3.8) is 0 Å². The van der Waals surface area contributed by atoms with E-state index in [0.717, 1.165) is 37.7 Å². The summed E-state index contributed by atoms with van der Waals surface area (Å²) in [5.41, 5.74) is 0.693. The molecule has 5 nitrogen and oxygen atoms in total. The van der Waals surface area contributed by atoms with Crippen LogP contribution in [0.2, 0.25) is 0 Å². The zero-order valence-electron chi connectivity index (χ0n) is 13.6. The number of carbonyl (C=O) groups is 2. The molecule has 0 unspecified atom stereocenters. The molecule has 0 aliphatic heterocycles. The van der Waals surface area contributed by atoms with E-state index < -0.39 is 5.97 Å². The molecule has 126 valence electrons. The highest BCUT2D eigenvalue weighted by Crippen LogP contribution is 2.39. The van der Waals surface area contributed by atoms with Gasteiger partial charge in [0.2, 0.25) is 5.91 Å². The Labute approximate surface area is 137 Å². The summed E-state index contributed by atoms with van der Waals surface area (Å²) in [5.74, 6) is -0.371. The molecule has 0 spiro atoms. The van der Waals surface area contributed by atoms with Gasteiger partial charge in [0.05, 0.1) is 0 Å². The third kappa shape index (κ3) is 4.71. The summed E-state index contributed by atoms with van der Waals surface area (Å²) in [6, 6.07) is 7.17. The van der Waals surface area contributed by atoms with Crippen LogP contribution in [0.15, 0.2) is 24.3 Å². The Morgan fingerprint density at radius 1 is 1.26 bits per heavy atom. The van der Waals surface area contributed by atoms with E-state index in [1.165, 1.54) is 6.42 Å². The second-order valence-corrected chi connectivity index (χ2v) is 6.21. The molecular weight excluding hydrogens is 294 g/mol. The van der Waals surface area contributed by atoms with Crippen LogP contribution in [-0.2, 0) is 16.1 Å². The predicted octanol–water partition coefficient (Wildman–Crippen LogP) is 3.13. The molecule has 1 aromatic rings. The fourth-order valence-electron chi connectivity index (χ4n) is 3.23. The van der Waals surface area contributed by atoms with Crippen molar-refractivity contribution in [1.82, 2.24) is 5.32 Å². The summed E-state index contributed by atoms with van der Waals surface area (Å²) < 4.78 is 5.16. The molecule has 1 aromatic carbocycles. The number of amides is 1. The van der Waals surface area contributed by atoms with Gasteiger partial charge in [-0.15, -0.1) is 0 Å². The number of hydrogen-bond acceptors (Lipinski definition) is 3. The van der Waals surface area contributed by atoms with Crippen molar-refractivity contribution in [3.8, 4) is 5.75 Å². The van der Waals surface area contributed by atoms with Gasteiger partial charge in [0.1, 0.15) is 5.75 Å². The molecule has 0 bridgehead atoms. The molecule has 2 rings (SSSR count). The van der Waals surface area contributed by atoms with Crippen molar-refractivity contribution in [2.45, 2.75) is 52.0 Å². The molecule has 0 radical (unpaired) electrons. The molecule has 1 aliphatic rings. The van der Waals surface area contributed by atoms with Crippen LogP contribution >= 0.6 is 0 Å². The van der Waals surface area contributed by atoms with Gasteiger partial charge >= 0.3 is 5.97 Å². The van der Waals surface area contributed by atoms with E-state index in [9.17, 15) is 9.59 Å². The van der Waals surface area contributed by atoms with Crippen molar-refractivity contribution in [2.24, 2.45) is 5.41 Å². The number of rotatable bonds is 7. The van der Waals surface area contributed by atoms with Crippen LogP contribution in [0.4, 0.5) is 0 Å². The largest absolute Gasteiger partial charge is 0.482 e. The van der Waals surface area contributed by atoms with Crippen molar-refractivity contribution >= 4 is 11.9 Å². The molecule has 0 saturated heterocycles. The highest BCUT2D eigenvalue weighted by Gasteiger charge is 2.37. The number of benzene rings is 1. The molecule has 1 saturated carbocycles. The summed E-state index contributed by atoms with van der Waals surface area (Å²) in [5, 5.41) is 11.7. The summed E-state index contributed by atoms with van der Waals surface area (Å²) in [6.45, 7) is 2.16. The smallest absolute Gasteiger partial charge is 0.341 e. The number of ether oxygens (including phenoxy) is 1. The standard InChI is InChI=1S/C18H25NO4/c1-2-18(9-4-3-5-10-18)17(22)19-12-14-7-6-8-15(11-14)23-13-16(20)21/h6-8,11H,2-5,9-10,12-13H2,1H3,(H,19,22)(H,20,21). The number of nitrogens with one attached hydrogen (secondary N) is 1. The van der Waals surface area contributed by atoms with Gasteiger partial charge in [0.25, 0.3) is 0 Å². The van der Waals surface area contributed by atoms with Crippen molar-refractivity contribution in [2.75, 3.05) is 6.61 Å². The summed E-state index contributed by atoms with van der Waals surface area (Å²) >= 11 is 0. The van der Waals surface area contributed by atoms with Crippen LogP contribution < -0.4 is 10.1 Å². The summed E-state index contributed by atoms with van der Waals surface area (Å²) in [4.78, 5) is 23.1. The van der Waals surface area contributed by atoms with E-state index in [1.54, 1.807) is 18.2 Å². The van der Waals surface area contributed by atoms with Crippen molar-refractivity contribution < 1.29 is 19.4 Å². The lowest BCUT2D eigenvalue weighted by Crippen LogP contribution is -2.41. The first-order valence-electron chi connectivity index (χ1n) is 8.27. The Hall–Kier alpha value is -2.04. The molecule has 1 aliphatic carbocycles. The SMILES string of the molecule is CCC1(C(=O)NCc2cccc(OCC(=O)O)c2)CCCCC1. The first kappa shape index (κ1) is 17.3. The number of carboxylic acids is 1. The quantitative estimate of drug-likeness (QED) is 0.809. The molecule has 23 heavy (non-hydrogen) atoms. The average Bonchev–Trinajstić information content (AvgIpc) is 2.58. The number of aliphatic carboxylic acids is 1. The number of carbonyl (C=O) groups excluding carboxylic acids is 1. The monoisotopic (exact) mass is 319 g/mol. The Morgan fingerprint density at radius 2 is 2.00 bits per heavy atom. The van der Waals surface area contributed by atoms with Gasteiger partial charge in [-0.2, -0.15) is 0 Å². The average molecular weight is 319 g/mol. The molecule has 1 fully saturated rings. The molecule has 5 heteroatoms. The topological polar surface area (TPSA) is 75.6 Å². The zero-order chi connectivity index (χ0) is 16.7. The Morgan fingerprint density at radius 3 is 2.65 bits per heavy atom. The fraction of sp³-hybridized carbons (Fsp3) is 0.556. The van der Waals surface area contributed by atoms with Gasteiger partial charge in [-0.1, -0.05) is 38.3 Å². The molecular formula is C18H25NO4. The maximum absolute atomic E-state index is 12.6. The third-order valence-corrected chi connectivity index (χ3v) is 4.68. The Balaban J connectivity index is 1.93. The molecule has 0 aromatic heterocycles. The van der Waals surface area contributed by atoms with E-state index in [1.807, 2.05) is 6.07 Å². The van der Waals surface area contributed by atoms with Gasteiger partial charge in [-0.3, -0.25) is 4.79 Å². The van der Waals surface area contributed by atoms with Gasteiger partial charge in [0.15, 0.2) is 6.61 Å². The maximum Gasteiger partial charge on any atom is 0.341 e. The third-order valence-electron chi connectivity index (χ3n) is 4.68. The fourth-order valence-corrected chi connectivity index (χ4v) is 3.23. The molecule has 1 amide bonds. The Kier molecular flexibility index (Phi) is 6.02. The molecule has 0 heterocycles. The van der Waals surface area contributed by atoms with E-state index in [2.05, 4.69) is 12.2 Å². The van der Waals surface area contributed by atoms with Crippen molar-refractivity contribution in [3.05, 3.63) is 29.8 Å². The lowest BCUT2D eigenvalue weighted by Gasteiger charge is -2.35. The highest BCUT2D eigenvalue weighted by atomic mass is 16.5. The second kappa shape index (κ2) is 7.99. The van der Waals surface area contributed by atoms with E-state index in [-0.39, 0.29) is 17.9 Å². The lowest BCUT2D eigenvalue weighted by molar-refractivity contribution is -0.139. The first-order chi connectivity index (χ1) is 11.1. The predicted molar refractivity (Wildman–Crippen MR) is 87.2 cm³/mol. The van der Waals surface area contributed by atoms with Gasteiger partial charge < -0.3 is 15.2 Å². The van der Waals surface area contributed by atoms with Gasteiger partial charge in [-0.05, 0) is 37.0 Å². The van der Waals surface area contributed by atoms with Crippen LogP contribution in [0.3, 0.4) is 0 Å². The van der Waals surface area contributed by atoms with Crippen LogP contribution in [0.1, 0.15) is 51.0 Å². The van der Waals surface area contributed by atoms with Gasteiger partial charge in [-0.25, -0.2) is 4.79 Å². The van der Waals surface area contributed by atoms with Crippen LogP contribution in [0, 0.1) is 5.41 Å². The summed E-state index contributed by atoms with van der Waals surface area (Å²) in [7, 11) is 0. The summed E-state index contributed by atoms with van der Waals surface area (Å²) in [6.07, 6.45) is 6.28. The minimum absolute atomic E-state index is 0.136. The van der Waals surface area contributed by atoms with Crippen LogP contribution in [0.5, 0.6) is 5.75 Å². The first-order valence-corrected chi connectivity index (χ1v) is 8.27. The lowest BCUT2D eigenvalue weighted by atomic mass is 9.71. The minimum Gasteiger partial charge on any atom is -0.482 e. The number of carboxylic acid groups (broad SMARTS) is 1. The van der Waals surface area contributed by atoms with Crippen molar-refractivity contribution in [1.29, 1.82) is 0 Å². The van der Waals surface area contributed by atoms with Crippen LogP contribution in [-0.4, -0.2) is 23.6 Å². The molecule has 0 atom stereocenters. The van der Waals surface area contributed by atoms with E-state index in [4.69, 9.17) is 9.84 Å². The minimum atomic E-state index is -1.01. The second-order valence-electron chi connectivity index (χ2n) is 6.21. The number of hydrogen-bond donors (Lipinski definition) is 2. The highest BCUT2D eigenvalue weighted by molar-refractivity contribution is 5.82. The normalized spacial score (nSPS) is 16.6. The van der Waals surface area contributed by atoms with E-state index in [0.29, 0.717) is 12.3 Å². The maximum atomic E-state index is 12.6. The molecule has 2 N–H and O–H groups in total. The van der Waals surface area contributed by atoms with Crippen LogP contribution in [0.25, 0.3) is 0 Å². The zero-order valence-corrected chi connectivity index (χ0v) is 13.6.